The zero-order valence-electron chi connectivity index (χ0n) is 10.6. The Balaban J connectivity index is 2.32. The van der Waals surface area contributed by atoms with Crippen LogP contribution in [0.15, 0.2) is 0 Å². The molecular weight excluding hydrogens is 254 g/mol. The maximum Gasteiger partial charge on any atom is 0.326 e. The monoisotopic (exact) mass is 275 g/mol. The number of hydrogen-bond donors (Lipinski definition) is 4. The van der Waals surface area contributed by atoms with Crippen molar-refractivity contribution < 1.29 is 14.7 Å². The lowest BCUT2D eigenvalue weighted by molar-refractivity contribution is -0.139. The van der Waals surface area contributed by atoms with Crippen molar-refractivity contribution >= 4 is 23.8 Å². The van der Waals surface area contributed by atoms with Crippen molar-refractivity contribution in [2.75, 3.05) is 25.1 Å². The number of nitrogens with one attached hydrogen (secondary N) is 3. The molecule has 0 aliphatic carbocycles. The van der Waals surface area contributed by atoms with Crippen molar-refractivity contribution in [2.24, 2.45) is 0 Å². The summed E-state index contributed by atoms with van der Waals surface area (Å²) < 4.78 is 0. The number of piperidine rings is 1. The summed E-state index contributed by atoms with van der Waals surface area (Å²) in [4.78, 5) is 22.6. The van der Waals surface area contributed by atoms with Gasteiger partial charge >= 0.3 is 12.0 Å². The standard InChI is InChI=1S/C11H21N3O3S/c1-18-7-4-9(10(15)16)14-11(17)13-8-2-5-12-6-3-8/h8-9,12H,2-7H2,1H3,(H,15,16)(H2,13,14,17)/t9-/m1/s1. The molecule has 4 N–H and O–H groups in total. The Hall–Kier alpha value is -0.950. The quantitative estimate of drug-likeness (QED) is 0.558. The van der Waals surface area contributed by atoms with E-state index in [4.69, 9.17) is 5.11 Å². The van der Waals surface area contributed by atoms with Crippen LogP contribution in [-0.4, -0.2) is 54.3 Å². The summed E-state index contributed by atoms with van der Waals surface area (Å²) in [6.45, 7) is 1.78. The Kier molecular flexibility index (Phi) is 6.89. The Morgan fingerprint density at radius 3 is 2.67 bits per heavy atom. The number of urea groups is 1. The van der Waals surface area contributed by atoms with E-state index in [0.717, 1.165) is 25.9 Å². The van der Waals surface area contributed by atoms with Crippen LogP contribution in [-0.2, 0) is 4.79 Å². The van der Waals surface area contributed by atoms with E-state index < -0.39 is 12.0 Å². The summed E-state index contributed by atoms with van der Waals surface area (Å²) in [5, 5.41) is 17.5. The molecule has 1 atom stereocenters. The average Bonchev–Trinajstić information content (AvgIpc) is 2.35. The minimum atomic E-state index is -0.982. The third kappa shape index (κ3) is 5.59. The first kappa shape index (κ1) is 15.1. The van der Waals surface area contributed by atoms with Crippen molar-refractivity contribution in [3.05, 3.63) is 0 Å². The van der Waals surface area contributed by atoms with Crippen LogP contribution in [0, 0.1) is 0 Å². The molecule has 7 heteroatoms. The fourth-order valence-electron chi connectivity index (χ4n) is 1.84. The molecule has 0 spiro atoms. The van der Waals surface area contributed by atoms with Gasteiger partial charge in [0.15, 0.2) is 0 Å². The SMILES string of the molecule is CSCC[C@@H](NC(=O)NC1CCNCC1)C(=O)O. The lowest BCUT2D eigenvalue weighted by atomic mass is 10.1. The van der Waals surface area contributed by atoms with Crippen LogP contribution in [0.1, 0.15) is 19.3 Å². The smallest absolute Gasteiger partial charge is 0.326 e. The van der Waals surface area contributed by atoms with Gasteiger partial charge in [0.2, 0.25) is 0 Å². The van der Waals surface area contributed by atoms with Gasteiger partial charge in [-0.15, -0.1) is 0 Å². The molecule has 1 heterocycles. The summed E-state index contributed by atoms with van der Waals surface area (Å²) in [6, 6.07) is -1.05. The van der Waals surface area contributed by atoms with Gasteiger partial charge in [0.1, 0.15) is 6.04 Å². The normalized spacial score (nSPS) is 18.1. The first-order valence-electron chi connectivity index (χ1n) is 6.13. The maximum atomic E-state index is 11.7. The van der Waals surface area contributed by atoms with Gasteiger partial charge in [-0.2, -0.15) is 11.8 Å². The molecule has 1 saturated heterocycles. The van der Waals surface area contributed by atoms with Gasteiger partial charge in [-0.3, -0.25) is 0 Å². The molecule has 6 nitrogen and oxygen atoms in total. The van der Waals surface area contributed by atoms with Crippen LogP contribution in [0.4, 0.5) is 4.79 Å². The van der Waals surface area contributed by atoms with Crippen LogP contribution in [0.25, 0.3) is 0 Å². The van der Waals surface area contributed by atoms with E-state index in [-0.39, 0.29) is 12.1 Å². The molecule has 1 aliphatic rings. The maximum absolute atomic E-state index is 11.7. The molecular formula is C11H21N3O3S. The fraction of sp³-hybridized carbons (Fsp3) is 0.818. The molecule has 0 aromatic carbocycles. The van der Waals surface area contributed by atoms with Crippen molar-refractivity contribution in [3.8, 4) is 0 Å². The zero-order chi connectivity index (χ0) is 13.4. The van der Waals surface area contributed by atoms with Crippen LogP contribution in [0.5, 0.6) is 0 Å². The lowest BCUT2D eigenvalue weighted by Crippen LogP contribution is -2.51. The number of carbonyl (C=O) groups is 2. The van der Waals surface area contributed by atoms with Gasteiger partial charge in [-0.05, 0) is 44.4 Å². The number of carboxylic acids is 1. The van der Waals surface area contributed by atoms with E-state index in [2.05, 4.69) is 16.0 Å². The summed E-state index contributed by atoms with van der Waals surface area (Å²) in [5.74, 6) is -0.269. The number of thioether (sulfide) groups is 1. The van der Waals surface area contributed by atoms with Crippen LogP contribution < -0.4 is 16.0 Å². The third-order valence-electron chi connectivity index (χ3n) is 2.89. The number of rotatable bonds is 6. The zero-order valence-corrected chi connectivity index (χ0v) is 11.4. The highest BCUT2D eigenvalue weighted by Crippen LogP contribution is 2.03. The van der Waals surface area contributed by atoms with Crippen molar-refractivity contribution in [1.82, 2.24) is 16.0 Å². The molecule has 0 aromatic rings. The third-order valence-corrected chi connectivity index (χ3v) is 3.53. The molecule has 2 amide bonds. The molecule has 104 valence electrons. The molecule has 1 fully saturated rings. The minimum Gasteiger partial charge on any atom is -0.480 e. The van der Waals surface area contributed by atoms with E-state index in [1.807, 2.05) is 6.26 Å². The lowest BCUT2D eigenvalue weighted by Gasteiger charge is -2.24. The second-order valence-corrected chi connectivity index (χ2v) is 5.30. The van der Waals surface area contributed by atoms with Crippen molar-refractivity contribution in [2.45, 2.75) is 31.3 Å². The summed E-state index contributed by atoms with van der Waals surface area (Å²) in [6.07, 6.45) is 4.12. The van der Waals surface area contributed by atoms with Crippen molar-refractivity contribution in [3.63, 3.8) is 0 Å². The molecule has 0 unspecified atom stereocenters. The van der Waals surface area contributed by atoms with Gasteiger partial charge in [0.05, 0.1) is 0 Å². The number of hydrogen-bond acceptors (Lipinski definition) is 4. The molecule has 0 bridgehead atoms. The first-order chi connectivity index (χ1) is 8.63. The molecule has 18 heavy (non-hydrogen) atoms. The van der Waals surface area contributed by atoms with Gasteiger partial charge in [-0.1, -0.05) is 0 Å². The number of carboxylic acid groups (broad SMARTS) is 1. The summed E-state index contributed by atoms with van der Waals surface area (Å²) >= 11 is 1.57. The fourth-order valence-corrected chi connectivity index (χ4v) is 2.32. The second kappa shape index (κ2) is 8.20. The second-order valence-electron chi connectivity index (χ2n) is 4.31. The Bertz CT molecular complexity index is 283. The predicted molar refractivity (Wildman–Crippen MR) is 72.0 cm³/mol. The van der Waals surface area contributed by atoms with Gasteiger partial charge in [0, 0.05) is 6.04 Å². The Morgan fingerprint density at radius 2 is 2.11 bits per heavy atom. The van der Waals surface area contributed by atoms with E-state index >= 15 is 0 Å². The number of carbonyl (C=O) groups excluding carboxylic acids is 1. The highest BCUT2D eigenvalue weighted by Gasteiger charge is 2.21. The van der Waals surface area contributed by atoms with Gasteiger partial charge < -0.3 is 21.1 Å². The number of amides is 2. The molecule has 1 rings (SSSR count). The minimum absolute atomic E-state index is 0.140. The summed E-state index contributed by atoms with van der Waals surface area (Å²) in [5.41, 5.74) is 0. The largest absolute Gasteiger partial charge is 0.480 e. The van der Waals surface area contributed by atoms with Crippen molar-refractivity contribution in [1.29, 1.82) is 0 Å². The van der Waals surface area contributed by atoms with Crippen LogP contribution >= 0.6 is 11.8 Å². The van der Waals surface area contributed by atoms with Gasteiger partial charge in [0.25, 0.3) is 0 Å². The predicted octanol–water partition coefficient (Wildman–Crippen LogP) is 0.244. The van der Waals surface area contributed by atoms with Crippen LogP contribution in [0.3, 0.4) is 0 Å². The molecule has 0 radical (unpaired) electrons. The average molecular weight is 275 g/mol. The highest BCUT2D eigenvalue weighted by molar-refractivity contribution is 7.98. The summed E-state index contributed by atoms with van der Waals surface area (Å²) in [7, 11) is 0. The van der Waals surface area contributed by atoms with E-state index in [1.54, 1.807) is 11.8 Å². The topological polar surface area (TPSA) is 90.5 Å². The Labute approximate surface area is 111 Å². The molecule has 1 aliphatic heterocycles. The number of aliphatic carboxylic acids is 1. The van der Waals surface area contributed by atoms with E-state index in [9.17, 15) is 9.59 Å². The highest BCUT2D eigenvalue weighted by atomic mass is 32.2. The first-order valence-corrected chi connectivity index (χ1v) is 7.52. The van der Waals surface area contributed by atoms with Crippen LogP contribution in [0.2, 0.25) is 0 Å². The Morgan fingerprint density at radius 1 is 1.44 bits per heavy atom. The van der Waals surface area contributed by atoms with E-state index in [0.29, 0.717) is 12.2 Å². The van der Waals surface area contributed by atoms with Gasteiger partial charge in [-0.25, -0.2) is 9.59 Å². The van der Waals surface area contributed by atoms with E-state index in [1.165, 1.54) is 0 Å². The molecule has 0 saturated carbocycles. The molecule has 0 aromatic heterocycles.